The van der Waals surface area contributed by atoms with Crippen molar-refractivity contribution in [2.24, 2.45) is 0 Å². The minimum atomic E-state index is -0.631. The summed E-state index contributed by atoms with van der Waals surface area (Å²) in [6.07, 6.45) is 1.61. The first-order valence-corrected chi connectivity index (χ1v) is 8.88. The fourth-order valence-electron chi connectivity index (χ4n) is 2.49. The highest BCUT2D eigenvalue weighted by molar-refractivity contribution is 9.10. The summed E-state index contributed by atoms with van der Waals surface area (Å²) in [6.45, 7) is 3.69. The molecule has 0 atom stereocenters. The summed E-state index contributed by atoms with van der Waals surface area (Å²) < 4.78 is 5.80. The summed E-state index contributed by atoms with van der Waals surface area (Å²) in [5.41, 5.74) is 9.21. The van der Waals surface area contributed by atoms with E-state index >= 15 is 0 Å². The molecule has 0 fully saturated rings. The Bertz CT molecular complexity index is 768. The van der Waals surface area contributed by atoms with Crippen LogP contribution in [0.1, 0.15) is 35.3 Å². The number of halogens is 1. The maximum absolute atomic E-state index is 12.2. The number of aryl methyl sites for hydroxylation is 2. The van der Waals surface area contributed by atoms with Gasteiger partial charge in [-0.3, -0.25) is 4.79 Å². The zero-order valence-electron chi connectivity index (χ0n) is 14.3. The van der Waals surface area contributed by atoms with Crippen LogP contribution in [-0.2, 0) is 22.4 Å². The summed E-state index contributed by atoms with van der Waals surface area (Å²) in [5, 5.41) is 2.86. The number of para-hydroxylation sites is 1. The highest BCUT2D eigenvalue weighted by Crippen LogP contribution is 2.23. The molecule has 6 heteroatoms. The second-order valence-electron chi connectivity index (χ2n) is 5.51. The standard InChI is InChI=1S/C19H21BrN2O3/c1-3-12-6-5-7-13(4-2)18(12)22-17(23)11-25-19(24)15-10-14(20)8-9-16(15)21/h5-10H,3-4,11,21H2,1-2H3,(H,22,23). The molecule has 132 valence electrons. The van der Waals surface area contributed by atoms with Gasteiger partial charge in [-0.15, -0.1) is 0 Å². The number of nitrogen functional groups attached to an aromatic ring is 1. The number of benzene rings is 2. The van der Waals surface area contributed by atoms with Crippen LogP contribution in [0.4, 0.5) is 11.4 Å². The fourth-order valence-corrected chi connectivity index (χ4v) is 2.85. The van der Waals surface area contributed by atoms with Crippen LogP contribution in [0.15, 0.2) is 40.9 Å². The van der Waals surface area contributed by atoms with Crippen LogP contribution in [0.5, 0.6) is 0 Å². The van der Waals surface area contributed by atoms with E-state index in [9.17, 15) is 9.59 Å². The van der Waals surface area contributed by atoms with Crippen molar-refractivity contribution in [3.63, 3.8) is 0 Å². The van der Waals surface area contributed by atoms with Crippen LogP contribution in [-0.4, -0.2) is 18.5 Å². The van der Waals surface area contributed by atoms with Crippen LogP contribution >= 0.6 is 15.9 Å². The summed E-state index contributed by atoms with van der Waals surface area (Å²) in [6, 6.07) is 10.8. The number of rotatable bonds is 6. The van der Waals surface area contributed by atoms with Crippen molar-refractivity contribution in [3.8, 4) is 0 Å². The molecule has 0 aliphatic heterocycles. The van der Waals surface area contributed by atoms with E-state index in [1.165, 1.54) is 0 Å². The number of hydrogen-bond acceptors (Lipinski definition) is 4. The van der Waals surface area contributed by atoms with Crippen molar-refractivity contribution >= 4 is 39.2 Å². The number of nitrogens with two attached hydrogens (primary N) is 1. The number of carbonyl (C=O) groups excluding carboxylic acids is 2. The predicted octanol–water partition coefficient (Wildman–Crippen LogP) is 3.95. The van der Waals surface area contributed by atoms with Crippen LogP contribution in [0.3, 0.4) is 0 Å². The van der Waals surface area contributed by atoms with Gasteiger partial charge in [-0.2, -0.15) is 0 Å². The van der Waals surface area contributed by atoms with Crippen LogP contribution in [0.25, 0.3) is 0 Å². The first-order valence-electron chi connectivity index (χ1n) is 8.09. The molecule has 0 aliphatic rings. The zero-order chi connectivity index (χ0) is 18.4. The summed E-state index contributed by atoms with van der Waals surface area (Å²) in [5.74, 6) is -1.01. The SMILES string of the molecule is CCc1cccc(CC)c1NC(=O)COC(=O)c1cc(Br)ccc1N. The van der Waals surface area contributed by atoms with Crippen molar-refractivity contribution in [2.75, 3.05) is 17.7 Å². The molecule has 2 aromatic rings. The number of esters is 1. The highest BCUT2D eigenvalue weighted by Gasteiger charge is 2.15. The minimum Gasteiger partial charge on any atom is -0.452 e. The molecule has 1 amide bonds. The number of carbonyl (C=O) groups is 2. The van der Waals surface area contributed by atoms with E-state index in [1.54, 1.807) is 18.2 Å². The zero-order valence-corrected chi connectivity index (χ0v) is 15.9. The third kappa shape index (κ3) is 4.82. The summed E-state index contributed by atoms with van der Waals surface area (Å²) in [4.78, 5) is 24.3. The first-order chi connectivity index (χ1) is 12.0. The molecule has 5 nitrogen and oxygen atoms in total. The van der Waals surface area contributed by atoms with Crippen molar-refractivity contribution in [1.82, 2.24) is 0 Å². The summed E-state index contributed by atoms with van der Waals surface area (Å²) >= 11 is 3.28. The van der Waals surface area contributed by atoms with Gasteiger partial charge >= 0.3 is 5.97 Å². The van der Waals surface area contributed by atoms with E-state index in [0.717, 1.165) is 29.7 Å². The number of hydrogen-bond donors (Lipinski definition) is 2. The monoisotopic (exact) mass is 404 g/mol. The summed E-state index contributed by atoms with van der Waals surface area (Å²) in [7, 11) is 0. The van der Waals surface area contributed by atoms with Crippen LogP contribution in [0, 0.1) is 0 Å². The number of anilines is 2. The van der Waals surface area contributed by atoms with Gasteiger partial charge < -0.3 is 15.8 Å². The molecule has 0 saturated heterocycles. The maximum Gasteiger partial charge on any atom is 0.340 e. The van der Waals surface area contributed by atoms with E-state index < -0.39 is 5.97 Å². The van der Waals surface area contributed by atoms with E-state index in [-0.39, 0.29) is 18.1 Å². The minimum absolute atomic E-state index is 0.227. The maximum atomic E-state index is 12.2. The van der Waals surface area contributed by atoms with Gasteiger partial charge in [-0.05, 0) is 42.2 Å². The van der Waals surface area contributed by atoms with Gasteiger partial charge in [0.05, 0.1) is 5.56 Å². The van der Waals surface area contributed by atoms with Crippen molar-refractivity contribution in [3.05, 3.63) is 57.6 Å². The molecule has 0 saturated carbocycles. The highest BCUT2D eigenvalue weighted by atomic mass is 79.9. The van der Waals surface area contributed by atoms with Gasteiger partial charge in [0.15, 0.2) is 6.61 Å². The third-order valence-corrected chi connectivity index (χ3v) is 4.33. The van der Waals surface area contributed by atoms with Crippen molar-refractivity contribution in [1.29, 1.82) is 0 Å². The number of amides is 1. The molecule has 0 heterocycles. The molecule has 2 aromatic carbocycles. The smallest absolute Gasteiger partial charge is 0.340 e. The van der Waals surface area contributed by atoms with E-state index in [1.807, 2.05) is 32.0 Å². The Balaban J connectivity index is 2.04. The lowest BCUT2D eigenvalue weighted by atomic mass is 10.0. The molecule has 0 radical (unpaired) electrons. The average Bonchev–Trinajstić information content (AvgIpc) is 2.61. The van der Waals surface area contributed by atoms with Crippen molar-refractivity contribution < 1.29 is 14.3 Å². The lowest BCUT2D eigenvalue weighted by Crippen LogP contribution is -2.22. The van der Waals surface area contributed by atoms with Gasteiger partial charge in [0.1, 0.15) is 0 Å². The van der Waals surface area contributed by atoms with Crippen LogP contribution < -0.4 is 11.1 Å². The number of nitrogens with one attached hydrogen (secondary N) is 1. The van der Waals surface area contributed by atoms with Gasteiger partial charge in [0, 0.05) is 15.8 Å². The second kappa shape index (κ2) is 8.67. The van der Waals surface area contributed by atoms with Crippen molar-refractivity contribution in [2.45, 2.75) is 26.7 Å². The molecule has 25 heavy (non-hydrogen) atoms. The van der Waals surface area contributed by atoms with E-state index in [0.29, 0.717) is 10.2 Å². The van der Waals surface area contributed by atoms with Gasteiger partial charge in [0.2, 0.25) is 0 Å². The van der Waals surface area contributed by atoms with E-state index in [4.69, 9.17) is 10.5 Å². The lowest BCUT2D eigenvalue weighted by Gasteiger charge is -2.14. The van der Waals surface area contributed by atoms with Gasteiger partial charge in [0.25, 0.3) is 5.91 Å². The Morgan fingerprint density at radius 1 is 1.12 bits per heavy atom. The van der Waals surface area contributed by atoms with Gasteiger partial charge in [-0.25, -0.2) is 4.79 Å². The quantitative estimate of drug-likeness (QED) is 0.563. The topological polar surface area (TPSA) is 81.4 Å². The lowest BCUT2D eigenvalue weighted by molar-refractivity contribution is -0.119. The van der Waals surface area contributed by atoms with Gasteiger partial charge in [-0.1, -0.05) is 48.0 Å². The Hall–Kier alpha value is -2.34. The molecule has 0 aromatic heterocycles. The Kier molecular flexibility index (Phi) is 6.58. The molecule has 2 rings (SSSR count). The molecular formula is C19H21BrN2O3. The Labute approximate surface area is 155 Å². The third-order valence-electron chi connectivity index (χ3n) is 3.83. The molecule has 0 spiro atoms. The molecule has 0 unspecified atom stereocenters. The molecule has 3 N–H and O–H groups in total. The molecule has 0 bridgehead atoms. The normalized spacial score (nSPS) is 10.4. The fraction of sp³-hybridized carbons (Fsp3) is 0.263. The average molecular weight is 405 g/mol. The second-order valence-corrected chi connectivity index (χ2v) is 6.43. The first kappa shape index (κ1) is 19.0. The van der Waals surface area contributed by atoms with Crippen LogP contribution in [0.2, 0.25) is 0 Å². The Morgan fingerprint density at radius 2 is 1.76 bits per heavy atom. The van der Waals surface area contributed by atoms with E-state index in [2.05, 4.69) is 21.2 Å². The molecule has 0 aliphatic carbocycles. The number of ether oxygens (including phenoxy) is 1. The predicted molar refractivity (Wildman–Crippen MR) is 103 cm³/mol. The molecular weight excluding hydrogens is 384 g/mol. The Morgan fingerprint density at radius 3 is 2.36 bits per heavy atom. The largest absolute Gasteiger partial charge is 0.452 e.